The van der Waals surface area contributed by atoms with Crippen molar-refractivity contribution in [2.45, 2.75) is 18.2 Å². The molecule has 0 radical (unpaired) electrons. The number of carbonyl (C=O) groups excluding carboxylic acids is 1. The maximum absolute atomic E-state index is 12.7. The van der Waals surface area contributed by atoms with Crippen molar-refractivity contribution >= 4 is 38.9 Å². The Balaban J connectivity index is 1.75. The number of allylic oxidation sites excluding steroid dienone is 1. The number of hydrogen-bond donors (Lipinski definition) is 2. The Labute approximate surface area is 192 Å². The summed E-state index contributed by atoms with van der Waals surface area (Å²) in [6.45, 7) is 5.50. The van der Waals surface area contributed by atoms with Gasteiger partial charge in [-0.3, -0.25) is 9.52 Å². The van der Waals surface area contributed by atoms with E-state index in [1.165, 1.54) is 24.3 Å². The number of amides is 1. The highest BCUT2D eigenvalue weighted by atomic mass is 35.5. The van der Waals surface area contributed by atoms with E-state index in [0.29, 0.717) is 34.1 Å². The fraction of sp³-hybridized carbons (Fsp3) is 0.125. The third kappa shape index (κ3) is 5.49. The summed E-state index contributed by atoms with van der Waals surface area (Å²) in [6, 6.07) is 16.0. The van der Waals surface area contributed by atoms with Crippen LogP contribution in [0.15, 0.2) is 78.2 Å². The molecule has 0 saturated carbocycles. The molecule has 0 unspecified atom stereocenters. The Morgan fingerprint density at radius 3 is 2.47 bits per heavy atom. The molecule has 32 heavy (non-hydrogen) atoms. The predicted molar refractivity (Wildman–Crippen MR) is 128 cm³/mol. The van der Waals surface area contributed by atoms with Crippen LogP contribution in [0.1, 0.15) is 21.5 Å². The van der Waals surface area contributed by atoms with Crippen LogP contribution in [0.3, 0.4) is 0 Å². The van der Waals surface area contributed by atoms with Crippen LogP contribution in [-0.2, 0) is 16.4 Å². The average molecular weight is 471 g/mol. The molecule has 0 heterocycles. The van der Waals surface area contributed by atoms with E-state index >= 15 is 0 Å². The molecular weight excluding hydrogens is 448 g/mol. The summed E-state index contributed by atoms with van der Waals surface area (Å²) in [6.07, 6.45) is 2.30. The van der Waals surface area contributed by atoms with Crippen molar-refractivity contribution in [1.29, 1.82) is 0 Å². The lowest BCUT2D eigenvalue weighted by molar-refractivity contribution is 0.102. The number of aryl methyl sites for hydroxylation is 1. The van der Waals surface area contributed by atoms with Gasteiger partial charge >= 0.3 is 0 Å². The number of nitrogens with one attached hydrogen (secondary N) is 2. The molecule has 3 rings (SSSR count). The second kappa shape index (κ2) is 9.89. The van der Waals surface area contributed by atoms with Gasteiger partial charge in [0, 0.05) is 16.3 Å². The van der Waals surface area contributed by atoms with Gasteiger partial charge in [0.25, 0.3) is 15.9 Å². The first kappa shape index (κ1) is 23.4. The maximum Gasteiger partial charge on any atom is 0.261 e. The zero-order valence-electron chi connectivity index (χ0n) is 17.7. The van der Waals surface area contributed by atoms with E-state index in [2.05, 4.69) is 16.6 Å². The standard InChI is InChI=1S/C24H23ClN2O4S/c1-4-5-17-14-18(7-13-23(17)31-3)24(28)26-20-9-11-21(12-10-20)32(29,30)27-22-15-19(25)8-6-16(22)2/h4,6-15,27H,1,5H2,2-3H3,(H,26,28). The zero-order valence-corrected chi connectivity index (χ0v) is 19.3. The number of sulfonamides is 1. The fourth-order valence-corrected chi connectivity index (χ4v) is 4.36. The van der Waals surface area contributed by atoms with Gasteiger partial charge < -0.3 is 10.1 Å². The van der Waals surface area contributed by atoms with E-state index in [1.54, 1.807) is 56.5 Å². The molecule has 1 amide bonds. The van der Waals surface area contributed by atoms with Crippen LogP contribution in [0.4, 0.5) is 11.4 Å². The minimum Gasteiger partial charge on any atom is -0.496 e. The van der Waals surface area contributed by atoms with Crippen molar-refractivity contribution in [3.63, 3.8) is 0 Å². The second-order valence-corrected chi connectivity index (χ2v) is 9.18. The summed E-state index contributed by atoms with van der Waals surface area (Å²) in [5, 5.41) is 3.20. The third-order valence-electron chi connectivity index (χ3n) is 4.77. The van der Waals surface area contributed by atoms with Gasteiger partial charge in [0.05, 0.1) is 17.7 Å². The van der Waals surface area contributed by atoms with Crippen molar-refractivity contribution in [1.82, 2.24) is 0 Å². The third-order valence-corrected chi connectivity index (χ3v) is 6.39. The smallest absolute Gasteiger partial charge is 0.261 e. The number of carbonyl (C=O) groups is 1. The lowest BCUT2D eigenvalue weighted by atomic mass is 10.1. The Morgan fingerprint density at radius 2 is 1.81 bits per heavy atom. The monoisotopic (exact) mass is 470 g/mol. The molecule has 0 aliphatic rings. The van der Waals surface area contributed by atoms with Crippen LogP contribution in [0.25, 0.3) is 0 Å². The highest BCUT2D eigenvalue weighted by Gasteiger charge is 2.16. The van der Waals surface area contributed by atoms with Gasteiger partial charge in [0.15, 0.2) is 0 Å². The second-order valence-electron chi connectivity index (χ2n) is 7.06. The van der Waals surface area contributed by atoms with Gasteiger partial charge in [-0.1, -0.05) is 23.7 Å². The first-order valence-corrected chi connectivity index (χ1v) is 11.6. The summed E-state index contributed by atoms with van der Waals surface area (Å²) < 4.78 is 33.3. The lowest BCUT2D eigenvalue weighted by Crippen LogP contribution is -2.15. The van der Waals surface area contributed by atoms with Gasteiger partial charge in [-0.05, 0) is 79.1 Å². The van der Waals surface area contributed by atoms with Crippen LogP contribution in [0, 0.1) is 6.92 Å². The normalized spacial score (nSPS) is 11.0. The number of hydrogen-bond acceptors (Lipinski definition) is 4. The Kier molecular flexibility index (Phi) is 7.22. The quantitative estimate of drug-likeness (QED) is 0.429. The van der Waals surface area contributed by atoms with Gasteiger partial charge in [0.1, 0.15) is 5.75 Å². The van der Waals surface area contributed by atoms with Crippen molar-refractivity contribution in [2.75, 3.05) is 17.1 Å². The van der Waals surface area contributed by atoms with E-state index in [-0.39, 0.29) is 10.8 Å². The van der Waals surface area contributed by atoms with E-state index < -0.39 is 10.0 Å². The molecule has 0 aromatic heterocycles. The maximum atomic E-state index is 12.7. The molecule has 8 heteroatoms. The van der Waals surface area contributed by atoms with E-state index in [9.17, 15) is 13.2 Å². The molecule has 6 nitrogen and oxygen atoms in total. The largest absolute Gasteiger partial charge is 0.496 e. The predicted octanol–water partition coefficient (Wildman–Crippen LogP) is 5.44. The Bertz CT molecular complexity index is 1260. The summed E-state index contributed by atoms with van der Waals surface area (Å²) in [7, 11) is -2.24. The van der Waals surface area contributed by atoms with Gasteiger partial charge in [-0.2, -0.15) is 0 Å². The molecule has 3 aromatic rings. The minimum atomic E-state index is -3.81. The first-order chi connectivity index (χ1) is 15.2. The van der Waals surface area contributed by atoms with Crippen molar-refractivity contribution in [3.05, 3.63) is 95.0 Å². The molecule has 0 bridgehead atoms. The Morgan fingerprint density at radius 1 is 1.09 bits per heavy atom. The number of ether oxygens (including phenoxy) is 1. The summed E-state index contributed by atoms with van der Waals surface area (Å²) in [5.41, 5.74) is 2.92. The van der Waals surface area contributed by atoms with Crippen LogP contribution >= 0.6 is 11.6 Å². The van der Waals surface area contributed by atoms with Crippen molar-refractivity contribution in [3.8, 4) is 5.75 Å². The van der Waals surface area contributed by atoms with Crippen molar-refractivity contribution in [2.24, 2.45) is 0 Å². The first-order valence-electron chi connectivity index (χ1n) is 9.71. The van der Waals surface area contributed by atoms with Crippen LogP contribution in [0.2, 0.25) is 5.02 Å². The molecular formula is C24H23ClN2O4S. The summed E-state index contributed by atoms with van der Waals surface area (Å²) in [5.74, 6) is 0.361. The molecule has 0 aliphatic heterocycles. The number of methoxy groups -OCH3 is 1. The number of halogens is 1. The number of anilines is 2. The van der Waals surface area contributed by atoms with E-state index in [0.717, 1.165) is 11.1 Å². The highest BCUT2D eigenvalue weighted by Crippen LogP contribution is 2.25. The molecule has 0 spiro atoms. The summed E-state index contributed by atoms with van der Waals surface area (Å²) in [4.78, 5) is 12.7. The number of rotatable bonds is 8. The SMILES string of the molecule is C=CCc1cc(C(=O)Nc2ccc(S(=O)(=O)Nc3cc(Cl)ccc3C)cc2)ccc1OC. The molecule has 0 atom stereocenters. The lowest BCUT2D eigenvalue weighted by Gasteiger charge is -2.12. The van der Waals surface area contributed by atoms with Crippen molar-refractivity contribution < 1.29 is 17.9 Å². The molecule has 0 fully saturated rings. The van der Waals surface area contributed by atoms with Crippen LogP contribution < -0.4 is 14.8 Å². The Hall–Kier alpha value is -3.29. The van der Waals surface area contributed by atoms with Gasteiger partial charge in [-0.25, -0.2) is 8.42 Å². The van der Waals surface area contributed by atoms with E-state index in [4.69, 9.17) is 16.3 Å². The topological polar surface area (TPSA) is 84.5 Å². The van der Waals surface area contributed by atoms with Crippen LogP contribution in [0.5, 0.6) is 5.75 Å². The molecule has 0 aliphatic carbocycles. The summed E-state index contributed by atoms with van der Waals surface area (Å²) >= 11 is 5.97. The number of benzene rings is 3. The van der Waals surface area contributed by atoms with E-state index in [1.807, 2.05) is 0 Å². The van der Waals surface area contributed by atoms with Gasteiger partial charge in [0.2, 0.25) is 0 Å². The molecule has 166 valence electrons. The molecule has 3 aromatic carbocycles. The molecule has 2 N–H and O–H groups in total. The average Bonchev–Trinajstić information content (AvgIpc) is 2.76. The highest BCUT2D eigenvalue weighted by molar-refractivity contribution is 7.92. The zero-order chi connectivity index (χ0) is 23.3. The minimum absolute atomic E-state index is 0.0626. The van der Waals surface area contributed by atoms with Crippen LogP contribution in [-0.4, -0.2) is 21.4 Å². The molecule has 0 saturated heterocycles. The van der Waals surface area contributed by atoms with Gasteiger partial charge in [-0.15, -0.1) is 6.58 Å². The fourth-order valence-electron chi connectivity index (χ4n) is 3.06.